The SMILES string of the molecule is CCCCCCCCc1ccccc1OP(=O)(O)OP(=O)(O)O. The van der Waals surface area contributed by atoms with Crippen LogP contribution in [0.4, 0.5) is 0 Å². The Kier molecular flexibility index (Phi) is 8.48. The van der Waals surface area contributed by atoms with Gasteiger partial charge in [-0.15, -0.1) is 0 Å². The van der Waals surface area contributed by atoms with Crippen LogP contribution in [-0.2, 0) is 19.9 Å². The maximum atomic E-state index is 11.6. The van der Waals surface area contributed by atoms with Gasteiger partial charge in [0.15, 0.2) is 0 Å². The summed E-state index contributed by atoms with van der Waals surface area (Å²) >= 11 is 0. The molecule has 0 aromatic heterocycles. The number of benzene rings is 1. The molecule has 0 spiro atoms. The molecule has 1 atom stereocenters. The van der Waals surface area contributed by atoms with Gasteiger partial charge in [0, 0.05) is 0 Å². The lowest BCUT2D eigenvalue weighted by Crippen LogP contribution is -1.99. The topological polar surface area (TPSA) is 113 Å². The monoisotopic (exact) mass is 366 g/mol. The molecule has 1 unspecified atom stereocenters. The molecule has 0 radical (unpaired) electrons. The Bertz CT molecular complexity index is 570. The number of hydrogen-bond acceptors (Lipinski definition) is 4. The zero-order valence-corrected chi connectivity index (χ0v) is 14.9. The van der Waals surface area contributed by atoms with Crippen LogP contribution >= 0.6 is 15.6 Å². The van der Waals surface area contributed by atoms with Crippen molar-refractivity contribution >= 4 is 15.6 Å². The molecule has 1 rings (SSSR count). The number of aryl methyl sites for hydroxylation is 1. The number of rotatable bonds is 11. The first-order valence-electron chi connectivity index (χ1n) is 7.61. The molecule has 0 heterocycles. The van der Waals surface area contributed by atoms with Crippen molar-refractivity contribution in [1.29, 1.82) is 0 Å². The third kappa shape index (κ3) is 9.26. The lowest BCUT2D eigenvalue weighted by Gasteiger charge is -2.15. The molecule has 0 aliphatic carbocycles. The highest BCUT2D eigenvalue weighted by Crippen LogP contribution is 2.57. The second kappa shape index (κ2) is 9.58. The van der Waals surface area contributed by atoms with Crippen LogP contribution in [0.1, 0.15) is 51.0 Å². The molecule has 0 saturated heterocycles. The number of hydrogen-bond donors (Lipinski definition) is 3. The van der Waals surface area contributed by atoms with Gasteiger partial charge in [0.05, 0.1) is 0 Å². The summed E-state index contributed by atoms with van der Waals surface area (Å²) < 4.78 is 30.9. The van der Waals surface area contributed by atoms with Gasteiger partial charge in [0.1, 0.15) is 5.75 Å². The Labute approximate surface area is 136 Å². The molecular formula is C14H24O7P2. The summed E-state index contributed by atoms with van der Waals surface area (Å²) in [6.45, 7) is 2.15. The van der Waals surface area contributed by atoms with E-state index in [0.717, 1.165) is 19.3 Å². The van der Waals surface area contributed by atoms with Gasteiger partial charge in [0.25, 0.3) is 0 Å². The second-order valence-corrected chi connectivity index (χ2v) is 8.01. The Morgan fingerprint density at radius 2 is 1.57 bits per heavy atom. The largest absolute Gasteiger partial charge is 0.536 e. The van der Waals surface area contributed by atoms with Gasteiger partial charge in [-0.3, -0.25) is 4.89 Å². The lowest BCUT2D eigenvalue weighted by molar-refractivity contribution is 0.229. The van der Waals surface area contributed by atoms with Crippen molar-refractivity contribution in [2.45, 2.75) is 51.9 Å². The third-order valence-electron chi connectivity index (χ3n) is 3.20. The van der Waals surface area contributed by atoms with Crippen molar-refractivity contribution in [2.75, 3.05) is 0 Å². The second-order valence-electron chi connectivity index (χ2n) is 5.26. The number of phosphoric ester groups is 1. The summed E-state index contributed by atoms with van der Waals surface area (Å²) in [4.78, 5) is 26.7. The lowest BCUT2D eigenvalue weighted by atomic mass is 10.0. The van der Waals surface area contributed by atoms with Crippen LogP contribution < -0.4 is 4.52 Å². The zero-order valence-electron chi connectivity index (χ0n) is 13.1. The molecule has 7 nitrogen and oxygen atoms in total. The highest BCUT2D eigenvalue weighted by molar-refractivity contribution is 7.60. The average Bonchev–Trinajstić information content (AvgIpc) is 2.41. The molecule has 0 aliphatic rings. The van der Waals surface area contributed by atoms with Crippen molar-refractivity contribution in [1.82, 2.24) is 0 Å². The third-order valence-corrected chi connectivity index (χ3v) is 5.30. The van der Waals surface area contributed by atoms with Crippen LogP contribution in [-0.4, -0.2) is 14.7 Å². The van der Waals surface area contributed by atoms with E-state index in [1.54, 1.807) is 18.2 Å². The molecule has 0 fully saturated rings. The Balaban J connectivity index is 2.60. The smallest absolute Gasteiger partial charge is 0.404 e. The van der Waals surface area contributed by atoms with E-state index in [2.05, 4.69) is 11.2 Å². The fraction of sp³-hybridized carbons (Fsp3) is 0.571. The van der Waals surface area contributed by atoms with E-state index in [1.807, 2.05) is 0 Å². The van der Waals surface area contributed by atoms with Crippen molar-refractivity contribution in [3.8, 4) is 5.75 Å². The van der Waals surface area contributed by atoms with Gasteiger partial charge in [-0.1, -0.05) is 57.2 Å². The number of para-hydroxylation sites is 1. The highest BCUT2D eigenvalue weighted by atomic mass is 31.3. The molecule has 9 heteroatoms. The minimum Gasteiger partial charge on any atom is -0.404 e. The standard InChI is InChI=1S/C14H24O7P2/c1-2-3-4-5-6-7-10-13-11-8-9-12-14(13)20-23(18,19)21-22(15,16)17/h8-9,11-12H,2-7,10H2,1H3,(H,18,19)(H2,15,16,17). The molecule has 0 saturated carbocycles. The van der Waals surface area contributed by atoms with E-state index in [1.165, 1.54) is 25.3 Å². The summed E-state index contributed by atoms with van der Waals surface area (Å²) in [7, 11) is -9.99. The van der Waals surface area contributed by atoms with Crippen LogP contribution in [0.3, 0.4) is 0 Å². The summed E-state index contributed by atoms with van der Waals surface area (Å²) in [5, 5.41) is 0. The molecule has 1 aromatic carbocycles. The fourth-order valence-corrected chi connectivity index (χ4v) is 3.81. The summed E-state index contributed by atoms with van der Waals surface area (Å²) in [6, 6.07) is 6.60. The van der Waals surface area contributed by atoms with Gasteiger partial charge in [-0.05, 0) is 24.5 Å². The van der Waals surface area contributed by atoms with Crippen molar-refractivity contribution in [3.63, 3.8) is 0 Å². The van der Waals surface area contributed by atoms with Gasteiger partial charge in [0.2, 0.25) is 0 Å². The first-order valence-corrected chi connectivity index (χ1v) is 10.6. The number of unbranched alkanes of at least 4 members (excludes halogenated alkanes) is 5. The molecule has 23 heavy (non-hydrogen) atoms. The summed E-state index contributed by atoms with van der Waals surface area (Å²) in [5.41, 5.74) is 0.701. The molecule has 1 aromatic rings. The van der Waals surface area contributed by atoms with Crippen LogP contribution in [0.5, 0.6) is 5.75 Å². The van der Waals surface area contributed by atoms with Gasteiger partial charge in [-0.25, -0.2) is 9.13 Å². The van der Waals surface area contributed by atoms with E-state index in [-0.39, 0.29) is 5.75 Å². The van der Waals surface area contributed by atoms with E-state index in [4.69, 9.17) is 14.3 Å². The maximum absolute atomic E-state index is 11.6. The minimum atomic E-state index is -5.11. The molecule has 0 aliphatic heterocycles. The number of phosphoric acid groups is 2. The van der Waals surface area contributed by atoms with Crippen molar-refractivity contribution < 1.29 is 32.6 Å². The normalized spacial score (nSPS) is 14.4. The Hall–Kier alpha value is -0.680. The van der Waals surface area contributed by atoms with Crippen LogP contribution in [0.15, 0.2) is 24.3 Å². The first kappa shape index (κ1) is 20.4. The molecule has 0 bridgehead atoms. The van der Waals surface area contributed by atoms with Crippen LogP contribution in [0.2, 0.25) is 0 Å². The molecular weight excluding hydrogens is 342 g/mol. The van der Waals surface area contributed by atoms with Gasteiger partial charge < -0.3 is 14.3 Å². The van der Waals surface area contributed by atoms with Crippen LogP contribution in [0.25, 0.3) is 0 Å². The Morgan fingerprint density at radius 3 is 2.22 bits per heavy atom. The fourth-order valence-electron chi connectivity index (χ4n) is 2.17. The van der Waals surface area contributed by atoms with Gasteiger partial charge >= 0.3 is 15.6 Å². The van der Waals surface area contributed by atoms with Crippen LogP contribution in [0, 0.1) is 0 Å². The van der Waals surface area contributed by atoms with E-state index in [0.29, 0.717) is 12.0 Å². The first-order chi connectivity index (χ1) is 10.7. The summed E-state index contributed by atoms with van der Waals surface area (Å²) in [5.74, 6) is 0.0975. The predicted molar refractivity (Wildman–Crippen MR) is 87.1 cm³/mol. The maximum Gasteiger partial charge on any atom is 0.536 e. The average molecular weight is 366 g/mol. The van der Waals surface area contributed by atoms with Crippen molar-refractivity contribution in [3.05, 3.63) is 29.8 Å². The summed E-state index contributed by atoms with van der Waals surface area (Å²) in [6.07, 6.45) is 7.32. The molecule has 132 valence electrons. The minimum absolute atomic E-state index is 0.0975. The van der Waals surface area contributed by atoms with E-state index in [9.17, 15) is 14.0 Å². The Morgan fingerprint density at radius 1 is 0.957 bits per heavy atom. The molecule has 0 amide bonds. The van der Waals surface area contributed by atoms with Gasteiger partial charge in [-0.2, -0.15) is 4.31 Å². The van der Waals surface area contributed by atoms with Crippen molar-refractivity contribution in [2.24, 2.45) is 0 Å². The molecule has 3 N–H and O–H groups in total. The highest BCUT2D eigenvalue weighted by Gasteiger charge is 2.34. The predicted octanol–water partition coefficient (Wildman–Crippen LogP) is 4.18. The quantitative estimate of drug-likeness (QED) is 0.398. The van der Waals surface area contributed by atoms with E-state index >= 15 is 0 Å². The van der Waals surface area contributed by atoms with E-state index < -0.39 is 15.6 Å². The zero-order chi connectivity index (χ0) is 17.3.